The van der Waals surface area contributed by atoms with Crippen molar-refractivity contribution in [1.82, 2.24) is 14.5 Å². The van der Waals surface area contributed by atoms with Crippen LogP contribution in [0, 0.1) is 5.92 Å². The van der Waals surface area contributed by atoms with E-state index in [0.29, 0.717) is 5.15 Å². The molecule has 3 aromatic rings. The molecule has 1 aliphatic carbocycles. The van der Waals surface area contributed by atoms with Crippen molar-refractivity contribution in [2.75, 3.05) is 11.4 Å². The second-order valence-electron chi connectivity index (χ2n) is 9.51. The van der Waals surface area contributed by atoms with E-state index in [4.69, 9.17) is 16.6 Å². The average Bonchev–Trinajstić information content (AvgIpc) is 3.09. The van der Waals surface area contributed by atoms with Crippen LogP contribution in [0.1, 0.15) is 58.7 Å². The van der Waals surface area contributed by atoms with E-state index < -0.39 is 0 Å². The summed E-state index contributed by atoms with van der Waals surface area (Å²) in [6.45, 7) is 7.87. The molecule has 7 heteroatoms. The Labute approximate surface area is 203 Å². The molecule has 0 aliphatic heterocycles. The van der Waals surface area contributed by atoms with Gasteiger partial charge in [-0.15, -0.1) is 0 Å². The predicted molar refractivity (Wildman–Crippen MR) is 136 cm³/mol. The van der Waals surface area contributed by atoms with Gasteiger partial charge < -0.3 is 8.87 Å². The zero-order chi connectivity index (χ0) is 22.2. The Hall–Kier alpha value is -1.24. The average molecular weight is 522 g/mol. The number of rotatable bonds is 5. The first-order chi connectivity index (χ1) is 14.7. The van der Waals surface area contributed by atoms with Gasteiger partial charge in [0.15, 0.2) is 0 Å². The fourth-order valence-corrected chi connectivity index (χ4v) is 5.77. The number of fused-ring (bicyclic) bond motifs is 1. The lowest BCUT2D eigenvalue weighted by atomic mass is 9.88. The van der Waals surface area contributed by atoms with E-state index in [9.17, 15) is 0 Å². The van der Waals surface area contributed by atoms with Gasteiger partial charge in [0, 0.05) is 35.8 Å². The Morgan fingerprint density at radius 3 is 2.61 bits per heavy atom. The molecule has 0 saturated heterocycles. The molecule has 0 spiro atoms. The molecule has 1 saturated carbocycles. The molecule has 1 aliphatic rings. The molecule has 0 atom stereocenters. The Bertz CT molecular complexity index is 1070. The Balaban J connectivity index is 1.64. The maximum atomic E-state index is 6.03. The second kappa shape index (κ2) is 9.32. The third-order valence-corrected chi connectivity index (χ3v) is 8.00. The van der Waals surface area contributed by atoms with Crippen molar-refractivity contribution in [2.24, 2.45) is 5.92 Å². The minimum Gasteiger partial charge on any atom is -0.327 e. The molecular formula is C24H30BrClN4S. The zero-order valence-electron chi connectivity index (χ0n) is 18.7. The molecule has 0 N–H and O–H groups in total. The molecule has 0 bridgehead atoms. The molecule has 31 heavy (non-hydrogen) atoms. The first-order valence-corrected chi connectivity index (χ1v) is 12.9. The number of aromatic nitrogens is 3. The number of nitrogens with zero attached hydrogens (tertiary/aromatic N) is 4. The van der Waals surface area contributed by atoms with Crippen LogP contribution < -0.4 is 4.31 Å². The lowest BCUT2D eigenvalue weighted by Crippen LogP contribution is -2.22. The smallest absolute Gasteiger partial charge is 0.143 e. The van der Waals surface area contributed by atoms with Gasteiger partial charge in [-0.25, -0.2) is 9.97 Å². The van der Waals surface area contributed by atoms with Gasteiger partial charge >= 0.3 is 0 Å². The van der Waals surface area contributed by atoms with Crippen LogP contribution in [0.15, 0.2) is 39.8 Å². The Kier molecular flexibility index (Phi) is 6.90. The maximum absolute atomic E-state index is 6.03. The van der Waals surface area contributed by atoms with E-state index >= 15 is 0 Å². The highest BCUT2D eigenvalue weighted by atomic mass is 79.9. The number of hydrogen-bond donors (Lipinski definition) is 0. The fraction of sp³-hybridized carbons (Fsp3) is 0.500. The number of pyridine rings is 1. The lowest BCUT2D eigenvalue weighted by molar-refractivity contribution is 0.313. The third kappa shape index (κ3) is 5.23. The summed E-state index contributed by atoms with van der Waals surface area (Å²) in [6, 6.07) is 8.63. The quantitative estimate of drug-likeness (QED) is 0.253. The Morgan fingerprint density at radius 1 is 1.19 bits per heavy atom. The first-order valence-electron chi connectivity index (χ1n) is 11.0. The number of benzene rings is 1. The van der Waals surface area contributed by atoms with Crippen molar-refractivity contribution in [2.45, 2.75) is 69.7 Å². The van der Waals surface area contributed by atoms with Crippen LogP contribution in [0.3, 0.4) is 0 Å². The van der Waals surface area contributed by atoms with Crippen molar-refractivity contribution in [3.8, 4) is 0 Å². The van der Waals surface area contributed by atoms with Gasteiger partial charge in [-0.1, -0.05) is 51.6 Å². The summed E-state index contributed by atoms with van der Waals surface area (Å²) < 4.78 is 5.44. The highest BCUT2D eigenvalue weighted by molar-refractivity contribution is 9.10. The van der Waals surface area contributed by atoms with Gasteiger partial charge in [0.1, 0.15) is 11.0 Å². The third-order valence-electron chi connectivity index (χ3n) is 5.95. The standard InChI is InChI=1S/C24H30BrClN4S/c1-24(2,3)23-28-20-12-17(29(4)31-18-13-19(25)22(26)27-14-18)10-11-21(20)30(23)15-16-8-6-5-7-9-16/h10-14,16H,5-9,15H2,1-4H3. The van der Waals surface area contributed by atoms with Gasteiger partial charge in [-0.05, 0) is 70.9 Å². The van der Waals surface area contributed by atoms with Crippen molar-refractivity contribution in [3.63, 3.8) is 0 Å². The van der Waals surface area contributed by atoms with Gasteiger partial charge in [0.2, 0.25) is 0 Å². The number of anilines is 1. The summed E-state index contributed by atoms with van der Waals surface area (Å²) in [5.41, 5.74) is 3.44. The van der Waals surface area contributed by atoms with Crippen LogP contribution in [0.4, 0.5) is 5.69 Å². The largest absolute Gasteiger partial charge is 0.327 e. The maximum Gasteiger partial charge on any atom is 0.143 e. The number of halogens is 2. The molecular weight excluding hydrogens is 492 g/mol. The molecule has 0 amide bonds. The van der Waals surface area contributed by atoms with Gasteiger partial charge in [0.05, 0.1) is 15.5 Å². The molecule has 0 unspecified atom stereocenters. The van der Waals surface area contributed by atoms with E-state index in [2.05, 4.69) is 75.8 Å². The SMILES string of the molecule is CN(Sc1cnc(Cl)c(Br)c1)c1ccc2c(c1)nc(C(C)(C)C)n2CC1CCCCC1. The Morgan fingerprint density at radius 2 is 1.94 bits per heavy atom. The minimum atomic E-state index is 0.00968. The monoisotopic (exact) mass is 520 g/mol. The summed E-state index contributed by atoms with van der Waals surface area (Å²) in [5, 5.41) is 0.478. The highest BCUT2D eigenvalue weighted by Crippen LogP contribution is 2.35. The molecule has 0 radical (unpaired) electrons. The van der Waals surface area contributed by atoms with Crippen LogP contribution in [0.5, 0.6) is 0 Å². The topological polar surface area (TPSA) is 34.0 Å². The molecule has 2 heterocycles. The van der Waals surface area contributed by atoms with E-state index in [1.807, 2.05) is 6.07 Å². The molecule has 1 fully saturated rings. The minimum absolute atomic E-state index is 0.00968. The number of hydrogen-bond acceptors (Lipinski definition) is 4. The van der Waals surface area contributed by atoms with Gasteiger partial charge in [0.25, 0.3) is 0 Å². The van der Waals surface area contributed by atoms with Crippen molar-refractivity contribution in [3.05, 3.63) is 45.9 Å². The van der Waals surface area contributed by atoms with E-state index in [1.165, 1.54) is 43.4 Å². The molecule has 166 valence electrons. The van der Waals surface area contributed by atoms with Crippen molar-refractivity contribution in [1.29, 1.82) is 0 Å². The highest BCUT2D eigenvalue weighted by Gasteiger charge is 2.25. The molecule has 4 rings (SSSR count). The van der Waals surface area contributed by atoms with Crippen LogP contribution >= 0.6 is 39.5 Å². The lowest BCUT2D eigenvalue weighted by Gasteiger charge is -2.26. The van der Waals surface area contributed by atoms with Crippen LogP contribution in [-0.2, 0) is 12.0 Å². The van der Waals surface area contributed by atoms with E-state index in [-0.39, 0.29) is 5.41 Å². The van der Waals surface area contributed by atoms with Crippen molar-refractivity contribution < 1.29 is 0 Å². The van der Waals surface area contributed by atoms with Crippen molar-refractivity contribution >= 4 is 56.2 Å². The predicted octanol–water partition coefficient (Wildman–Crippen LogP) is 7.87. The fourth-order valence-electron chi connectivity index (χ4n) is 4.36. The first kappa shape index (κ1) is 22.9. The van der Waals surface area contributed by atoms with Crippen LogP contribution in [0.25, 0.3) is 11.0 Å². The zero-order valence-corrected chi connectivity index (χ0v) is 21.8. The van der Waals surface area contributed by atoms with Crippen LogP contribution in [-0.4, -0.2) is 21.6 Å². The molecule has 2 aromatic heterocycles. The van der Waals surface area contributed by atoms with Gasteiger partial charge in [-0.2, -0.15) is 0 Å². The number of imidazole rings is 1. The molecule has 1 aromatic carbocycles. The summed E-state index contributed by atoms with van der Waals surface area (Å²) in [7, 11) is 2.07. The summed E-state index contributed by atoms with van der Waals surface area (Å²) in [4.78, 5) is 10.4. The summed E-state index contributed by atoms with van der Waals surface area (Å²) in [5.74, 6) is 1.95. The molecule has 4 nitrogen and oxygen atoms in total. The van der Waals surface area contributed by atoms with Gasteiger partial charge in [-0.3, -0.25) is 0 Å². The van der Waals surface area contributed by atoms with E-state index in [1.54, 1.807) is 18.1 Å². The van der Waals surface area contributed by atoms with E-state index in [0.717, 1.165) is 33.0 Å². The normalized spacial score (nSPS) is 15.5. The summed E-state index contributed by atoms with van der Waals surface area (Å²) in [6.07, 6.45) is 8.59. The van der Waals surface area contributed by atoms with Crippen LogP contribution in [0.2, 0.25) is 5.15 Å². The summed E-state index contributed by atoms with van der Waals surface area (Å²) >= 11 is 11.1. The second-order valence-corrected chi connectivity index (χ2v) is 11.9.